The average Bonchev–Trinajstić information content (AvgIpc) is 2.91. The summed E-state index contributed by atoms with van der Waals surface area (Å²) < 4.78 is 5.92. The molecule has 0 aliphatic carbocycles. The van der Waals surface area contributed by atoms with Gasteiger partial charge in [0.25, 0.3) is 0 Å². The van der Waals surface area contributed by atoms with Gasteiger partial charge in [-0.2, -0.15) is 0 Å². The van der Waals surface area contributed by atoms with Crippen molar-refractivity contribution in [1.29, 1.82) is 0 Å². The monoisotopic (exact) mass is 260 g/mol. The zero-order valence-corrected chi connectivity index (χ0v) is 11.7. The van der Waals surface area contributed by atoms with Crippen molar-refractivity contribution in [2.45, 2.75) is 19.3 Å². The van der Waals surface area contributed by atoms with Crippen molar-refractivity contribution in [2.75, 3.05) is 0 Å². The van der Waals surface area contributed by atoms with E-state index in [1.54, 1.807) is 0 Å². The van der Waals surface area contributed by atoms with Crippen LogP contribution in [0.2, 0.25) is 0 Å². The van der Waals surface area contributed by atoms with E-state index < -0.39 is 0 Å². The summed E-state index contributed by atoms with van der Waals surface area (Å²) in [4.78, 5) is 0. The first kappa shape index (κ1) is 12.6. The second-order valence-electron chi connectivity index (χ2n) is 5.39. The SMILES string of the molecule is CC(C)(C#Cc1ccccc1)c1cc2ccccc2o1. The van der Waals surface area contributed by atoms with E-state index in [1.165, 1.54) is 0 Å². The first-order valence-electron chi connectivity index (χ1n) is 6.72. The van der Waals surface area contributed by atoms with Crippen LogP contribution in [0.25, 0.3) is 11.0 Å². The van der Waals surface area contributed by atoms with Crippen LogP contribution in [0.3, 0.4) is 0 Å². The van der Waals surface area contributed by atoms with Crippen LogP contribution in [0.5, 0.6) is 0 Å². The van der Waals surface area contributed by atoms with Crippen LogP contribution < -0.4 is 0 Å². The van der Waals surface area contributed by atoms with E-state index in [1.807, 2.05) is 48.5 Å². The smallest absolute Gasteiger partial charge is 0.134 e. The Balaban J connectivity index is 1.97. The van der Waals surface area contributed by atoms with Gasteiger partial charge in [0.2, 0.25) is 0 Å². The third-order valence-corrected chi connectivity index (χ3v) is 3.33. The minimum Gasteiger partial charge on any atom is -0.459 e. The van der Waals surface area contributed by atoms with E-state index in [4.69, 9.17) is 4.42 Å². The van der Waals surface area contributed by atoms with Gasteiger partial charge >= 0.3 is 0 Å². The second kappa shape index (κ2) is 4.90. The Bertz CT molecular complexity index is 749. The van der Waals surface area contributed by atoms with E-state index in [-0.39, 0.29) is 5.41 Å². The second-order valence-corrected chi connectivity index (χ2v) is 5.39. The predicted molar refractivity (Wildman–Crippen MR) is 82.6 cm³/mol. The lowest BCUT2D eigenvalue weighted by Crippen LogP contribution is -2.12. The molecule has 1 aromatic heterocycles. The minimum absolute atomic E-state index is 0.311. The van der Waals surface area contributed by atoms with Gasteiger partial charge in [-0.3, -0.25) is 0 Å². The highest BCUT2D eigenvalue weighted by atomic mass is 16.3. The largest absolute Gasteiger partial charge is 0.459 e. The van der Waals surface area contributed by atoms with Crippen LogP contribution in [0.1, 0.15) is 25.2 Å². The molecule has 3 rings (SSSR count). The highest BCUT2D eigenvalue weighted by Crippen LogP contribution is 2.29. The molecule has 0 aliphatic rings. The lowest BCUT2D eigenvalue weighted by molar-refractivity contribution is 0.473. The van der Waals surface area contributed by atoms with E-state index in [0.717, 1.165) is 22.3 Å². The summed E-state index contributed by atoms with van der Waals surface area (Å²) in [7, 11) is 0. The quantitative estimate of drug-likeness (QED) is 0.575. The fraction of sp³-hybridized carbons (Fsp3) is 0.158. The van der Waals surface area contributed by atoms with Crippen LogP contribution in [0, 0.1) is 11.8 Å². The molecule has 1 nitrogen and oxygen atoms in total. The van der Waals surface area contributed by atoms with Gasteiger partial charge in [0.15, 0.2) is 0 Å². The molecule has 0 fully saturated rings. The lowest BCUT2D eigenvalue weighted by atomic mass is 9.90. The number of furan rings is 1. The maximum absolute atomic E-state index is 5.92. The summed E-state index contributed by atoms with van der Waals surface area (Å²) >= 11 is 0. The highest BCUT2D eigenvalue weighted by Gasteiger charge is 2.22. The van der Waals surface area contributed by atoms with Gasteiger partial charge in [0.05, 0.1) is 5.41 Å². The van der Waals surface area contributed by atoms with Crippen LogP contribution in [0.15, 0.2) is 65.1 Å². The third-order valence-electron chi connectivity index (χ3n) is 3.33. The molecule has 0 spiro atoms. The van der Waals surface area contributed by atoms with Crippen molar-refractivity contribution in [3.8, 4) is 11.8 Å². The number of fused-ring (bicyclic) bond motifs is 1. The van der Waals surface area contributed by atoms with Crippen molar-refractivity contribution in [1.82, 2.24) is 0 Å². The lowest BCUT2D eigenvalue weighted by Gasteiger charge is -2.13. The molecule has 0 saturated heterocycles. The normalized spacial score (nSPS) is 11.1. The van der Waals surface area contributed by atoms with E-state index in [9.17, 15) is 0 Å². The molecule has 0 atom stereocenters. The molecule has 0 unspecified atom stereocenters. The Morgan fingerprint density at radius 2 is 1.60 bits per heavy atom. The molecule has 0 radical (unpaired) electrons. The molecular formula is C19H16O. The molecular weight excluding hydrogens is 244 g/mol. The van der Waals surface area contributed by atoms with Crippen molar-refractivity contribution in [3.05, 3.63) is 72.0 Å². The third kappa shape index (κ3) is 2.46. The van der Waals surface area contributed by atoms with E-state index in [0.29, 0.717) is 0 Å². The van der Waals surface area contributed by atoms with Gasteiger partial charge in [0.1, 0.15) is 11.3 Å². The van der Waals surface area contributed by atoms with Crippen molar-refractivity contribution >= 4 is 11.0 Å². The zero-order chi connectivity index (χ0) is 14.0. The molecule has 0 N–H and O–H groups in total. The predicted octanol–water partition coefficient (Wildman–Crippen LogP) is 4.76. The number of hydrogen-bond donors (Lipinski definition) is 0. The van der Waals surface area contributed by atoms with E-state index in [2.05, 4.69) is 37.8 Å². The zero-order valence-electron chi connectivity index (χ0n) is 11.7. The summed E-state index contributed by atoms with van der Waals surface area (Å²) in [5.74, 6) is 7.43. The summed E-state index contributed by atoms with van der Waals surface area (Å²) in [6.07, 6.45) is 0. The summed E-state index contributed by atoms with van der Waals surface area (Å²) in [6, 6.07) is 20.1. The van der Waals surface area contributed by atoms with Gasteiger partial charge in [-0.05, 0) is 38.1 Å². The van der Waals surface area contributed by atoms with Crippen molar-refractivity contribution in [2.24, 2.45) is 0 Å². The van der Waals surface area contributed by atoms with Crippen LogP contribution in [-0.2, 0) is 5.41 Å². The molecule has 0 saturated carbocycles. The standard InChI is InChI=1S/C19H16O/c1-19(2,13-12-15-8-4-3-5-9-15)18-14-16-10-6-7-11-17(16)20-18/h3-11,14H,1-2H3. The Morgan fingerprint density at radius 1 is 0.900 bits per heavy atom. The van der Waals surface area contributed by atoms with Gasteiger partial charge in [0, 0.05) is 10.9 Å². The first-order valence-corrected chi connectivity index (χ1v) is 6.72. The van der Waals surface area contributed by atoms with Gasteiger partial charge in [-0.1, -0.05) is 48.2 Å². The minimum atomic E-state index is -0.311. The number of hydrogen-bond acceptors (Lipinski definition) is 1. The Hall–Kier alpha value is -2.46. The summed E-state index contributed by atoms with van der Waals surface area (Å²) in [6.45, 7) is 4.17. The Morgan fingerprint density at radius 3 is 2.35 bits per heavy atom. The van der Waals surface area contributed by atoms with Gasteiger partial charge in [-0.15, -0.1) is 0 Å². The van der Waals surface area contributed by atoms with Crippen molar-refractivity contribution in [3.63, 3.8) is 0 Å². The highest BCUT2D eigenvalue weighted by molar-refractivity contribution is 5.78. The van der Waals surface area contributed by atoms with Crippen LogP contribution >= 0.6 is 0 Å². The number of rotatable bonds is 1. The number of benzene rings is 2. The summed E-state index contributed by atoms with van der Waals surface area (Å²) in [5.41, 5.74) is 1.63. The first-order chi connectivity index (χ1) is 9.65. The molecule has 20 heavy (non-hydrogen) atoms. The summed E-state index contributed by atoms with van der Waals surface area (Å²) in [5, 5.41) is 1.12. The average molecular weight is 260 g/mol. The molecule has 0 amide bonds. The Labute approximate surface area is 119 Å². The fourth-order valence-electron chi connectivity index (χ4n) is 2.10. The molecule has 1 heterocycles. The Kier molecular flexibility index (Phi) is 3.08. The molecule has 3 aromatic rings. The van der Waals surface area contributed by atoms with Gasteiger partial charge < -0.3 is 4.42 Å². The topological polar surface area (TPSA) is 13.1 Å². The van der Waals surface area contributed by atoms with Gasteiger partial charge in [-0.25, -0.2) is 0 Å². The fourth-order valence-corrected chi connectivity index (χ4v) is 2.10. The van der Waals surface area contributed by atoms with Crippen molar-refractivity contribution < 1.29 is 4.42 Å². The maximum Gasteiger partial charge on any atom is 0.134 e. The maximum atomic E-state index is 5.92. The number of para-hydroxylation sites is 1. The molecule has 0 aliphatic heterocycles. The molecule has 98 valence electrons. The van der Waals surface area contributed by atoms with E-state index >= 15 is 0 Å². The molecule has 2 aromatic carbocycles. The molecule has 0 bridgehead atoms. The molecule has 1 heteroatoms. The van der Waals surface area contributed by atoms with Crippen LogP contribution in [0.4, 0.5) is 0 Å². The van der Waals surface area contributed by atoms with Crippen LogP contribution in [-0.4, -0.2) is 0 Å².